The third-order valence-electron chi connectivity index (χ3n) is 2.30. The molecule has 1 aliphatic rings. The van der Waals surface area contributed by atoms with E-state index in [0.29, 0.717) is 17.4 Å². The van der Waals surface area contributed by atoms with E-state index in [-0.39, 0.29) is 5.91 Å². The minimum Gasteiger partial charge on any atom is -0.378 e. The van der Waals surface area contributed by atoms with Gasteiger partial charge in [0, 0.05) is 13.2 Å². The Morgan fingerprint density at radius 3 is 3.08 bits per heavy atom. The molecule has 0 aromatic carbocycles. The molecule has 76 valence electrons. The van der Waals surface area contributed by atoms with E-state index in [0.717, 1.165) is 26.0 Å². The van der Waals surface area contributed by atoms with Gasteiger partial charge < -0.3 is 10.1 Å². The Morgan fingerprint density at radius 2 is 2.46 bits per heavy atom. The SMILES string of the molecule is CC1CC(CNC(=O)CBr)CCO1. The number of carbonyl (C=O) groups is 1. The van der Waals surface area contributed by atoms with Crippen LogP contribution >= 0.6 is 15.9 Å². The van der Waals surface area contributed by atoms with E-state index in [1.807, 2.05) is 0 Å². The first-order chi connectivity index (χ1) is 6.22. The van der Waals surface area contributed by atoms with Crippen molar-refractivity contribution >= 4 is 21.8 Å². The maximum Gasteiger partial charge on any atom is 0.230 e. The summed E-state index contributed by atoms with van der Waals surface area (Å²) in [6.07, 6.45) is 2.47. The first-order valence-corrected chi connectivity index (χ1v) is 5.78. The number of ether oxygens (including phenoxy) is 1. The van der Waals surface area contributed by atoms with Gasteiger partial charge in [-0.3, -0.25) is 4.79 Å². The first kappa shape index (κ1) is 11.0. The summed E-state index contributed by atoms with van der Waals surface area (Å²) in [5.41, 5.74) is 0. The molecule has 1 fully saturated rings. The van der Waals surface area contributed by atoms with E-state index in [9.17, 15) is 4.79 Å². The van der Waals surface area contributed by atoms with Crippen LogP contribution in [0, 0.1) is 5.92 Å². The minimum absolute atomic E-state index is 0.0687. The Balaban J connectivity index is 2.17. The van der Waals surface area contributed by atoms with Crippen LogP contribution in [0.5, 0.6) is 0 Å². The summed E-state index contributed by atoms with van der Waals surface area (Å²) in [7, 11) is 0. The maximum atomic E-state index is 10.9. The highest BCUT2D eigenvalue weighted by atomic mass is 79.9. The number of halogens is 1. The van der Waals surface area contributed by atoms with Crippen LogP contribution in [-0.2, 0) is 9.53 Å². The molecule has 1 N–H and O–H groups in total. The molecule has 3 nitrogen and oxygen atoms in total. The van der Waals surface area contributed by atoms with Gasteiger partial charge in [-0.05, 0) is 25.7 Å². The van der Waals surface area contributed by atoms with Crippen molar-refractivity contribution in [3.8, 4) is 0 Å². The van der Waals surface area contributed by atoms with Crippen LogP contribution in [0.15, 0.2) is 0 Å². The van der Waals surface area contributed by atoms with Crippen molar-refractivity contribution in [1.82, 2.24) is 5.32 Å². The van der Waals surface area contributed by atoms with Crippen LogP contribution < -0.4 is 5.32 Å². The van der Waals surface area contributed by atoms with Crippen LogP contribution in [0.1, 0.15) is 19.8 Å². The second-order valence-corrected chi connectivity index (χ2v) is 4.07. The lowest BCUT2D eigenvalue weighted by Crippen LogP contribution is -2.34. The third-order valence-corrected chi connectivity index (χ3v) is 2.81. The van der Waals surface area contributed by atoms with Crippen molar-refractivity contribution in [2.24, 2.45) is 5.92 Å². The Bertz CT molecular complexity index is 175. The highest BCUT2D eigenvalue weighted by Gasteiger charge is 2.19. The smallest absolute Gasteiger partial charge is 0.230 e. The zero-order valence-electron chi connectivity index (χ0n) is 7.88. The summed E-state index contributed by atoms with van der Waals surface area (Å²) in [6, 6.07) is 0. The van der Waals surface area contributed by atoms with Gasteiger partial charge in [-0.15, -0.1) is 0 Å². The third kappa shape index (κ3) is 4.09. The molecule has 2 unspecified atom stereocenters. The summed E-state index contributed by atoms with van der Waals surface area (Å²) >= 11 is 3.11. The van der Waals surface area contributed by atoms with Gasteiger partial charge >= 0.3 is 0 Å². The highest BCUT2D eigenvalue weighted by Crippen LogP contribution is 2.18. The Hall–Kier alpha value is -0.0900. The zero-order chi connectivity index (χ0) is 9.68. The lowest BCUT2D eigenvalue weighted by Gasteiger charge is -2.27. The fraction of sp³-hybridized carbons (Fsp3) is 0.889. The van der Waals surface area contributed by atoms with Gasteiger partial charge in [-0.25, -0.2) is 0 Å². The first-order valence-electron chi connectivity index (χ1n) is 4.66. The molecule has 1 amide bonds. The maximum absolute atomic E-state index is 10.9. The van der Waals surface area contributed by atoms with E-state index in [2.05, 4.69) is 28.2 Å². The molecule has 0 aromatic heterocycles. The van der Waals surface area contributed by atoms with Crippen LogP contribution in [0.3, 0.4) is 0 Å². The standard InChI is InChI=1S/C9H16BrNO2/c1-7-4-8(2-3-13-7)6-11-9(12)5-10/h7-8H,2-6H2,1H3,(H,11,12). The number of amides is 1. The van der Waals surface area contributed by atoms with Crippen molar-refractivity contribution in [2.45, 2.75) is 25.9 Å². The largest absolute Gasteiger partial charge is 0.378 e. The van der Waals surface area contributed by atoms with Gasteiger partial charge in [0.15, 0.2) is 0 Å². The predicted octanol–water partition coefficient (Wildman–Crippen LogP) is 1.31. The van der Waals surface area contributed by atoms with Crippen molar-refractivity contribution in [1.29, 1.82) is 0 Å². The molecule has 13 heavy (non-hydrogen) atoms. The average Bonchev–Trinajstić information content (AvgIpc) is 2.14. The molecule has 1 rings (SSSR count). The van der Waals surface area contributed by atoms with E-state index in [1.54, 1.807) is 0 Å². The van der Waals surface area contributed by atoms with Crippen molar-refractivity contribution in [3.05, 3.63) is 0 Å². The molecule has 1 aliphatic heterocycles. The Labute approximate surface area is 87.3 Å². The quantitative estimate of drug-likeness (QED) is 0.767. The monoisotopic (exact) mass is 249 g/mol. The molecule has 0 spiro atoms. The molecule has 1 heterocycles. The molecule has 0 bridgehead atoms. The van der Waals surface area contributed by atoms with E-state index < -0.39 is 0 Å². The highest BCUT2D eigenvalue weighted by molar-refractivity contribution is 9.09. The number of hydrogen-bond donors (Lipinski definition) is 1. The summed E-state index contributed by atoms with van der Waals surface area (Å²) in [4.78, 5) is 10.9. The van der Waals surface area contributed by atoms with Crippen LogP contribution in [-0.4, -0.2) is 30.5 Å². The number of nitrogens with one attached hydrogen (secondary N) is 1. The van der Waals surface area contributed by atoms with Gasteiger partial charge in [-0.1, -0.05) is 15.9 Å². The second kappa shape index (κ2) is 5.60. The number of carbonyl (C=O) groups excluding carboxylic acids is 1. The minimum atomic E-state index is 0.0687. The van der Waals surface area contributed by atoms with Crippen molar-refractivity contribution in [3.63, 3.8) is 0 Å². The topological polar surface area (TPSA) is 38.3 Å². The van der Waals surface area contributed by atoms with Crippen LogP contribution in [0.25, 0.3) is 0 Å². The van der Waals surface area contributed by atoms with Gasteiger partial charge in [-0.2, -0.15) is 0 Å². The number of hydrogen-bond acceptors (Lipinski definition) is 2. The molecule has 0 aliphatic carbocycles. The molecule has 0 radical (unpaired) electrons. The van der Waals surface area contributed by atoms with E-state index in [4.69, 9.17) is 4.74 Å². The Kier molecular flexibility index (Phi) is 4.73. The van der Waals surface area contributed by atoms with E-state index in [1.165, 1.54) is 0 Å². The number of rotatable bonds is 3. The predicted molar refractivity (Wildman–Crippen MR) is 54.9 cm³/mol. The molecule has 0 aromatic rings. The average molecular weight is 250 g/mol. The summed E-state index contributed by atoms with van der Waals surface area (Å²) in [5.74, 6) is 0.658. The lowest BCUT2D eigenvalue weighted by atomic mass is 9.96. The Morgan fingerprint density at radius 1 is 1.69 bits per heavy atom. The normalized spacial score (nSPS) is 28.5. The van der Waals surface area contributed by atoms with Crippen molar-refractivity contribution < 1.29 is 9.53 Å². The lowest BCUT2D eigenvalue weighted by molar-refractivity contribution is -0.118. The van der Waals surface area contributed by atoms with Crippen LogP contribution in [0.2, 0.25) is 0 Å². The summed E-state index contributed by atoms with van der Waals surface area (Å²) in [6.45, 7) is 3.70. The van der Waals surface area contributed by atoms with Crippen molar-refractivity contribution in [2.75, 3.05) is 18.5 Å². The molecular weight excluding hydrogens is 234 g/mol. The van der Waals surface area contributed by atoms with Gasteiger partial charge in [0.05, 0.1) is 11.4 Å². The summed E-state index contributed by atoms with van der Waals surface area (Å²) in [5, 5.41) is 3.28. The zero-order valence-corrected chi connectivity index (χ0v) is 9.47. The fourth-order valence-corrected chi connectivity index (χ4v) is 1.78. The van der Waals surface area contributed by atoms with Gasteiger partial charge in [0.25, 0.3) is 0 Å². The number of alkyl halides is 1. The van der Waals surface area contributed by atoms with Gasteiger partial charge in [0.1, 0.15) is 0 Å². The summed E-state index contributed by atoms with van der Waals surface area (Å²) < 4.78 is 5.42. The van der Waals surface area contributed by atoms with Crippen LogP contribution in [0.4, 0.5) is 0 Å². The molecule has 1 saturated heterocycles. The fourth-order valence-electron chi connectivity index (χ4n) is 1.58. The second-order valence-electron chi connectivity index (χ2n) is 3.51. The van der Waals surface area contributed by atoms with Gasteiger partial charge in [0.2, 0.25) is 5.91 Å². The molecule has 2 atom stereocenters. The molecular formula is C9H16BrNO2. The van der Waals surface area contributed by atoms with E-state index >= 15 is 0 Å². The molecule has 4 heteroatoms. The molecule has 0 saturated carbocycles.